The first-order valence-electron chi connectivity index (χ1n) is 7.63. The van der Waals surface area contributed by atoms with E-state index in [-0.39, 0.29) is 12.8 Å². The molecule has 2 rings (SSSR count). The number of nitrogens with zero attached hydrogens (tertiary/aromatic N) is 1. The van der Waals surface area contributed by atoms with Crippen molar-refractivity contribution in [2.75, 3.05) is 36.5 Å². The highest BCUT2D eigenvalue weighted by Crippen LogP contribution is 2.28. The minimum Gasteiger partial charge on any atom is -0.393 e. The van der Waals surface area contributed by atoms with Crippen LogP contribution in [0.15, 0.2) is 24.3 Å². The Morgan fingerprint density at radius 2 is 1.90 bits per heavy atom. The zero-order valence-corrected chi connectivity index (χ0v) is 12.0. The van der Waals surface area contributed by atoms with Gasteiger partial charge in [0.2, 0.25) is 0 Å². The highest BCUT2D eigenvalue weighted by molar-refractivity contribution is 5.70. The summed E-state index contributed by atoms with van der Waals surface area (Å²) in [5, 5.41) is 13.0. The zero-order valence-electron chi connectivity index (χ0n) is 12.0. The summed E-state index contributed by atoms with van der Waals surface area (Å²) in [5.74, 6) is 0. The van der Waals surface area contributed by atoms with E-state index in [1.165, 1.54) is 5.69 Å². The van der Waals surface area contributed by atoms with Gasteiger partial charge in [0.25, 0.3) is 0 Å². The fourth-order valence-corrected chi connectivity index (χ4v) is 2.62. The number of piperidine rings is 1. The summed E-state index contributed by atoms with van der Waals surface area (Å²) in [6.45, 7) is 2.48. The topological polar surface area (TPSA) is 35.5 Å². The van der Waals surface area contributed by atoms with Gasteiger partial charge in [-0.2, -0.15) is 0 Å². The molecular weight excluding hydrogens is 255 g/mol. The van der Waals surface area contributed by atoms with E-state index in [4.69, 9.17) is 0 Å². The Bertz CT molecular complexity index is 392. The lowest BCUT2D eigenvalue weighted by Crippen LogP contribution is -2.36. The second-order valence-electron chi connectivity index (χ2n) is 5.41. The number of anilines is 2. The third-order valence-corrected chi connectivity index (χ3v) is 3.84. The quantitative estimate of drug-likeness (QED) is 0.753. The number of aliphatic hydroxyl groups excluding tert-OH is 1. The van der Waals surface area contributed by atoms with Crippen LogP contribution in [0.2, 0.25) is 0 Å². The summed E-state index contributed by atoms with van der Waals surface area (Å²) >= 11 is 0. The van der Waals surface area contributed by atoms with Crippen LogP contribution in [0.25, 0.3) is 0 Å². The highest BCUT2D eigenvalue weighted by atomic mass is 19.1. The van der Waals surface area contributed by atoms with Crippen LogP contribution in [-0.2, 0) is 0 Å². The van der Waals surface area contributed by atoms with Crippen LogP contribution in [-0.4, -0.2) is 37.5 Å². The maximum absolute atomic E-state index is 12.0. The molecule has 1 aromatic carbocycles. The molecule has 0 aliphatic carbocycles. The Kier molecular flexibility index (Phi) is 6.12. The third-order valence-electron chi connectivity index (χ3n) is 3.84. The van der Waals surface area contributed by atoms with Crippen molar-refractivity contribution in [1.29, 1.82) is 0 Å². The first-order chi connectivity index (χ1) is 9.81. The van der Waals surface area contributed by atoms with Gasteiger partial charge in [0.05, 0.1) is 24.2 Å². The van der Waals surface area contributed by atoms with E-state index in [0.29, 0.717) is 6.42 Å². The fourth-order valence-electron chi connectivity index (χ4n) is 2.62. The molecular formula is C16H25FN2O. The van der Waals surface area contributed by atoms with Gasteiger partial charge >= 0.3 is 0 Å². The minimum absolute atomic E-state index is 0.146. The molecule has 1 heterocycles. The second-order valence-corrected chi connectivity index (χ2v) is 5.41. The first-order valence-corrected chi connectivity index (χ1v) is 7.63. The number of hydrogen-bond acceptors (Lipinski definition) is 3. The van der Waals surface area contributed by atoms with Crippen molar-refractivity contribution in [3.05, 3.63) is 24.3 Å². The van der Waals surface area contributed by atoms with Gasteiger partial charge in [-0.1, -0.05) is 12.1 Å². The average Bonchev–Trinajstić information content (AvgIpc) is 2.48. The molecule has 3 nitrogen and oxygen atoms in total. The average molecular weight is 280 g/mol. The largest absolute Gasteiger partial charge is 0.393 e. The summed E-state index contributed by atoms with van der Waals surface area (Å²) in [4.78, 5) is 2.33. The molecule has 0 unspecified atom stereocenters. The number of benzene rings is 1. The van der Waals surface area contributed by atoms with Crippen molar-refractivity contribution < 1.29 is 9.50 Å². The monoisotopic (exact) mass is 280 g/mol. The van der Waals surface area contributed by atoms with Crippen molar-refractivity contribution in [2.45, 2.75) is 38.2 Å². The number of rotatable bonds is 7. The van der Waals surface area contributed by atoms with E-state index in [9.17, 15) is 9.50 Å². The highest BCUT2D eigenvalue weighted by Gasteiger charge is 2.18. The third kappa shape index (κ3) is 4.37. The van der Waals surface area contributed by atoms with Crippen molar-refractivity contribution in [3.63, 3.8) is 0 Å². The van der Waals surface area contributed by atoms with Crippen LogP contribution in [0.3, 0.4) is 0 Å². The lowest BCUT2D eigenvalue weighted by molar-refractivity contribution is 0.145. The number of nitrogens with one attached hydrogen (secondary N) is 1. The molecule has 0 saturated carbocycles. The Labute approximate surface area is 120 Å². The summed E-state index contributed by atoms with van der Waals surface area (Å²) < 4.78 is 12.0. The van der Waals surface area contributed by atoms with E-state index >= 15 is 0 Å². The first kappa shape index (κ1) is 15.1. The Hall–Kier alpha value is -1.29. The molecule has 1 aliphatic heterocycles. The van der Waals surface area contributed by atoms with Crippen LogP contribution in [0.5, 0.6) is 0 Å². The molecule has 1 saturated heterocycles. The summed E-state index contributed by atoms with van der Waals surface area (Å²) in [7, 11) is 0. The van der Waals surface area contributed by atoms with Crippen molar-refractivity contribution >= 4 is 11.4 Å². The normalized spacial score (nSPS) is 16.4. The molecule has 2 N–H and O–H groups in total. The summed E-state index contributed by atoms with van der Waals surface area (Å²) in [6.07, 6.45) is 4.12. The molecule has 0 spiro atoms. The Balaban J connectivity index is 1.89. The van der Waals surface area contributed by atoms with E-state index in [1.807, 2.05) is 6.07 Å². The van der Waals surface area contributed by atoms with Crippen LogP contribution >= 0.6 is 0 Å². The number of unbranched alkanes of at least 4 members (excludes halogenated alkanes) is 2. The van der Waals surface area contributed by atoms with Crippen LogP contribution in [0.4, 0.5) is 15.8 Å². The Morgan fingerprint density at radius 1 is 1.15 bits per heavy atom. The van der Waals surface area contributed by atoms with E-state index in [2.05, 4.69) is 28.4 Å². The molecule has 0 amide bonds. The lowest BCUT2D eigenvalue weighted by Gasteiger charge is -2.33. The molecule has 112 valence electrons. The van der Waals surface area contributed by atoms with Crippen molar-refractivity contribution in [3.8, 4) is 0 Å². The molecule has 4 heteroatoms. The molecule has 1 aromatic rings. The van der Waals surface area contributed by atoms with Crippen LogP contribution < -0.4 is 10.2 Å². The number of aliphatic hydroxyl groups is 1. The maximum Gasteiger partial charge on any atom is 0.0894 e. The fraction of sp³-hybridized carbons (Fsp3) is 0.625. The molecule has 1 aliphatic rings. The smallest absolute Gasteiger partial charge is 0.0894 e. The van der Waals surface area contributed by atoms with E-state index in [0.717, 1.165) is 51.0 Å². The van der Waals surface area contributed by atoms with E-state index < -0.39 is 0 Å². The van der Waals surface area contributed by atoms with Gasteiger partial charge in [-0.05, 0) is 44.2 Å². The summed E-state index contributed by atoms with van der Waals surface area (Å²) in [5.41, 5.74) is 2.36. The number of halogens is 1. The minimum atomic E-state index is -0.216. The lowest BCUT2D eigenvalue weighted by atomic mass is 10.1. The van der Waals surface area contributed by atoms with Gasteiger partial charge in [-0.3, -0.25) is 4.39 Å². The second kappa shape index (κ2) is 8.10. The van der Waals surface area contributed by atoms with Crippen molar-refractivity contribution in [2.24, 2.45) is 0 Å². The van der Waals surface area contributed by atoms with Gasteiger partial charge in [0.15, 0.2) is 0 Å². The van der Waals surface area contributed by atoms with Crippen LogP contribution in [0, 0.1) is 0 Å². The van der Waals surface area contributed by atoms with Gasteiger partial charge in [-0.25, -0.2) is 0 Å². The maximum atomic E-state index is 12.0. The SMILES string of the molecule is OC1CCN(c2ccccc2NCCCCCF)CC1. The van der Waals surface area contributed by atoms with E-state index in [1.54, 1.807) is 0 Å². The summed E-state index contributed by atoms with van der Waals surface area (Å²) in [6, 6.07) is 8.30. The molecule has 0 atom stereocenters. The Morgan fingerprint density at radius 3 is 2.65 bits per heavy atom. The number of alkyl halides is 1. The van der Waals surface area contributed by atoms with Gasteiger partial charge in [0.1, 0.15) is 0 Å². The molecule has 0 radical (unpaired) electrons. The molecule has 0 aromatic heterocycles. The number of hydrogen-bond donors (Lipinski definition) is 2. The standard InChI is InChI=1S/C16H25FN2O/c17-10-4-1-5-11-18-15-6-2-3-7-16(15)19-12-8-14(20)9-13-19/h2-3,6-7,14,18,20H,1,4-5,8-13H2. The predicted octanol–water partition coefficient (Wildman–Crippen LogP) is 3.20. The van der Waals surface area contributed by atoms with Crippen LogP contribution in [0.1, 0.15) is 32.1 Å². The predicted molar refractivity (Wildman–Crippen MR) is 82.2 cm³/mol. The molecule has 20 heavy (non-hydrogen) atoms. The van der Waals surface area contributed by atoms with Gasteiger partial charge in [-0.15, -0.1) is 0 Å². The van der Waals surface area contributed by atoms with Gasteiger partial charge < -0.3 is 15.3 Å². The zero-order chi connectivity index (χ0) is 14.2. The van der Waals surface area contributed by atoms with Crippen molar-refractivity contribution in [1.82, 2.24) is 0 Å². The molecule has 1 fully saturated rings. The van der Waals surface area contributed by atoms with Gasteiger partial charge in [0, 0.05) is 19.6 Å². The number of para-hydroxylation sites is 2. The molecule has 0 bridgehead atoms.